The molecule has 0 unspecified atom stereocenters. The highest BCUT2D eigenvalue weighted by Gasteiger charge is 2.45. The van der Waals surface area contributed by atoms with E-state index in [1.54, 1.807) is 7.11 Å². The second-order valence-corrected chi connectivity index (χ2v) is 10.4. The van der Waals surface area contributed by atoms with Crippen molar-refractivity contribution in [1.29, 1.82) is 0 Å². The van der Waals surface area contributed by atoms with E-state index in [1.165, 1.54) is 39.9 Å². The van der Waals surface area contributed by atoms with Crippen molar-refractivity contribution in [2.75, 3.05) is 31.6 Å². The van der Waals surface area contributed by atoms with E-state index in [9.17, 15) is 4.79 Å². The maximum atomic E-state index is 12.8. The molecule has 3 aliphatic rings. The lowest BCUT2D eigenvalue weighted by molar-refractivity contribution is 0.0189. The minimum Gasteiger partial charge on any atom is -0.497 e. The fourth-order valence-corrected chi connectivity index (χ4v) is 5.78. The van der Waals surface area contributed by atoms with Crippen molar-refractivity contribution in [3.8, 4) is 16.9 Å². The smallest absolute Gasteiger partial charge is 0.410 e. The first kappa shape index (κ1) is 21.2. The Bertz CT molecular complexity index is 1060. The van der Waals surface area contributed by atoms with Gasteiger partial charge in [-0.25, -0.2) is 4.79 Å². The van der Waals surface area contributed by atoms with Gasteiger partial charge in [0.15, 0.2) is 0 Å². The summed E-state index contributed by atoms with van der Waals surface area (Å²) in [6.45, 7) is 10.6. The summed E-state index contributed by atoms with van der Waals surface area (Å²) in [5.74, 6) is 1.22. The summed E-state index contributed by atoms with van der Waals surface area (Å²) in [6, 6.07) is 11.6. The molecule has 0 spiro atoms. The van der Waals surface area contributed by atoms with Crippen LogP contribution >= 0.6 is 0 Å². The number of fused-ring (bicyclic) bond motifs is 3. The average Bonchev–Trinajstić information content (AvgIpc) is 3.07. The highest BCUT2D eigenvalue weighted by atomic mass is 16.6. The van der Waals surface area contributed by atoms with Gasteiger partial charge in [-0.1, -0.05) is 6.07 Å². The molecular weight excluding hydrogens is 400 g/mol. The lowest BCUT2D eigenvalue weighted by atomic mass is 9.86. The molecular formula is C27H34N2O3. The minimum absolute atomic E-state index is 0.187. The normalized spacial score (nSPS) is 21.8. The molecule has 170 valence electrons. The van der Waals surface area contributed by atoms with Gasteiger partial charge in [0.25, 0.3) is 0 Å². The number of aryl methyl sites for hydroxylation is 2. The number of hydrogen-bond donors (Lipinski definition) is 0. The SMILES string of the molecule is COc1ccc(-c2cc3c4c(c2)[C@@H]2CN(C(=O)OC(C)(C)C)CC[C@@H]2N4CCC3)c(C)c1. The molecule has 0 radical (unpaired) electrons. The summed E-state index contributed by atoms with van der Waals surface area (Å²) in [6.07, 6.45) is 3.12. The van der Waals surface area contributed by atoms with Gasteiger partial charge in [0.2, 0.25) is 0 Å². The largest absolute Gasteiger partial charge is 0.497 e. The van der Waals surface area contributed by atoms with Crippen LogP contribution in [0.4, 0.5) is 10.5 Å². The van der Waals surface area contributed by atoms with Crippen molar-refractivity contribution in [2.45, 2.75) is 64.5 Å². The molecule has 5 rings (SSSR count). The fraction of sp³-hybridized carbons (Fsp3) is 0.519. The van der Waals surface area contributed by atoms with Gasteiger partial charge in [-0.3, -0.25) is 0 Å². The molecule has 32 heavy (non-hydrogen) atoms. The van der Waals surface area contributed by atoms with Gasteiger partial charge in [0.1, 0.15) is 11.4 Å². The van der Waals surface area contributed by atoms with Gasteiger partial charge in [-0.05, 0) is 99.0 Å². The van der Waals surface area contributed by atoms with Crippen LogP contribution in [0, 0.1) is 6.92 Å². The molecule has 0 aliphatic carbocycles. The predicted octanol–water partition coefficient (Wildman–Crippen LogP) is 5.53. The number of hydrogen-bond acceptors (Lipinski definition) is 4. The molecule has 1 amide bonds. The van der Waals surface area contributed by atoms with Crippen LogP contribution in [0.2, 0.25) is 0 Å². The number of methoxy groups -OCH3 is 1. The lowest BCUT2D eigenvalue weighted by Crippen LogP contribution is -2.49. The summed E-state index contributed by atoms with van der Waals surface area (Å²) in [5, 5.41) is 0. The van der Waals surface area contributed by atoms with E-state index in [4.69, 9.17) is 9.47 Å². The maximum Gasteiger partial charge on any atom is 0.410 e. The van der Waals surface area contributed by atoms with Crippen LogP contribution in [-0.4, -0.2) is 49.4 Å². The molecule has 1 saturated heterocycles. The van der Waals surface area contributed by atoms with Crippen LogP contribution in [-0.2, 0) is 11.2 Å². The Balaban J connectivity index is 1.52. The van der Waals surface area contributed by atoms with E-state index < -0.39 is 5.60 Å². The third kappa shape index (κ3) is 3.62. The molecule has 3 heterocycles. The number of carbonyl (C=O) groups is 1. The van der Waals surface area contributed by atoms with Crippen LogP contribution in [0.5, 0.6) is 5.75 Å². The Morgan fingerprint density at radius 2 is 1.94 bits per heavy atom. The third-order valence-electron chi connectivity index (χ3n) is 7.12. The zero-order valence-corrected chi connectivity index (χ0v) is 19.9. The molecule has 5 heteroatoms. The number of benzene rings is 2. The number of likely N-dealkylation sites (tertiary alicyclic amines) is 1. The van der Waals surface area contributed by atoms with Crippen molar-refractivity contribution in [2.24, 2.45) is 0 Å². The number of ether oxygens (including phenoxy) is 2. The first-order valence-electron chi connectivity index (χ1n) is 11.8. The van der Waals surface area contributed by atoms with Crippen molar-refractivity contribution >= 4 is 11.8 Å². The Labute approximate surface area is 191 Å². The summed E-state index contributed by atoms with van der Waals surface area (Å²) < 4.78 is 11.1. The predicted molar refractivity (Wildman–Crippen MR) is 128 cm³/mol. The van der Waals surface area contributed by atoms with Crippen molar-refractivity contribution < 1.29 is 14.3 Å². The Hall–Kier alpha value is -2.69. The van der Waals surface area contributed by atoms with Gasteiger partial charge in [-0.15, -0.1) is 0 Å². The highest BCUT2D eigenvalue weighted by molar-refractivity contribution is 5.78. The van der Waals surface area contributed by atoms with E-state index in [0.29, 0.717) is 12.0 Å². The standard InChI is InChI=1S/C27H34N2O3/c1-17-13-20(31-5)8-9-21(17)19-14-18-7-6-11-29-24-10-12-28(26(30)32-27(2,3)4)16-23(24)22(15-19)25(18)29/h8-9,13-15,23-24H,6-7,10-12,16H2,1-5H3/t23-,24-/m0/s1. The quantitative estimate of drug-likeness (QED) is 0.623. The van der Waals surface area contributed by atoms with E-state index in [-0.39, 0.29) is 6.09 Å². The monoisotopic (exact) mass is 434 g/mol. The van der Waals surface area contributed by atoms with Gasteiger partial charge < -0.3 is 19.3 Å². The van der Waals surface area contributed by atoms with Crippen LogP contribution in [0.1, 0.15) is 56.2 Å². The second-order valence-electron chi connectivity index (χ2n) is 10.4. The van der Waals surface area contributed by atoms with E-state index in [2.05, 4.69) is 36.1 Å². The summed E-state index contributed by atoms with van der Waals surface area (Å²) in [4.78, 5) is 17.4. The van der Waals surface area contributed by atoms with Crippen molar-refractivity contribution in [3.63, 3.8) is 0 Å². The zero-order chi connectivity index (χ0) is 22.6. The maximum absolute atomic E-state index is 12.8. The fourth-order valence-electron chi connectivity index (χ4n) is 5.78. The molecule has 2 aromatic carbocycles. The number of piperidine rings is 1. The Kier molecular flexibility index (Phi) is 5.11. The number of nitrogens with zero attached hydrogens (tertiary/aromatic N) is 2. The topological polar surface area (TPSA) is 42.0 Å². The molecule has 0 bridgehead atoms. The number of carbonyl (C=O) groups excluding carboxylic acids is 1. The van der Waals surface area contributed by atoms with Crippen LogP contribution in [0.15, 0.2) is 30.3 Å². The van der Waals surface area contributed by atoms with Crippen LogP contribution in [0.3, 0.4) is 0 Å². The van der Waals surface area contributed by atoms with E-state index in [1.807, 2.05) is 31.7 Å². The van der Waals surface area contributed by atoms with Crippen LogP contribution in [0.25, 0.3) is 11.1 Å². The van der Waals surface area contributed by atoms with Gasteiger partial charge in [-0.2, -0.15) is 0 Å². The molecule has 0 N–H and O–H groups in total. The molecule has 2 aromatic rings. The first-order chi connectivity index (χ1) is 15.2. The Morgan fingerprint density at radius 3 is 2.66 bits per heavy atom. The van der Waals surface area contributed by atoms with E-state index in [0.717, 1.165) is 38.2 Å². The van der Waals surface area contributed by atoms with Crippen LogP contribution < -0.4 is 9.64 Å². The summed E-state index contributed by atoms with van der Waals surface area (Å²) >= 11 is 0. The van der Waals surface area contributed by atoms with Gasteiger partial charge in [0, 0.05) is 37.3 Å². The summed E-state index contributed by atoms with van der Waals surface area (Å²) in [7, 11) is 1.71. The van der Waals surface area contributed by atoms with Gasteiger partial charge >= 0.3 is 6.09 Å². The number of rotatable bonds is 2. The molecule has 2 atom stereocenters. The molecule has 0 aromatic heterocycles. The first-order valence-corrected chi connectivity index (χ1v) is 11.8. The highest BCUT2D eigenvalue weighted by Crippen LogP contribution is 2.50. The number of anilines is 1. The molecule has 1 fully saturated rings. The Morgan fingerprint density at radius 1 is 1.12 bits per heavy atom. The number of amides is 1. The average molecular weight is 435 g/mol. The second kappa shape index (κ2) is 7.72. The van der Waals surface area contributed by atoms with Crippen molar-refractivity contribution in [3.05, 3.63) is 47.0 Å². The van der Waals surface area contributed by atoms with E-state index >= 15 is 0 Å². The lowest BCUT2D eigenvalue weighted by Gasteiger charge is -2.40. The van der Waals surface area contributed by atoms with Crippen molar-refractivity contribution in [1.82, 2.24) is 4.90 Å². The third-order valence-corrected chi connectivity index (χ3v) is 7.12. The molecule has 5 nitrogen and oxygen atoms in total. The zero-order valence-electron chi connectivity index (χ0n) is 19.9. The minimum atomic E-state index is -0.470. The van der Waals surface area contributed by atoms with Gasteiger partial charge in [0.05, 0.1) is 7.11 Å². The molecule has 0 saturated carbocycles. The molecule has 3 aliphatic heterocycles. The summed E-state index contributed by atoms with van der Waals surface area (Å²) in [5.41, 5.74) is 7.58.